The van der Waals surface area contributed by atoms with Crippen LogP contribution in [0.25, 0.3) is 0 Å². The van der Waals surface area contributed by atoms with Crippen LogP contribution in [-0.2, 0) is 0 Å². The van der Waals surface area contributed by atoms with Crippen molar-refractivity contribution in [2.45, 2.75) is 13.0 Å². The highest BCUT2D eigenvalue weighted by molar-refractivity contribution is 6.42. The van der Waals surface area contributed by atoms with Crippen molar-refractivity contribution in [3.63, 3.8) is 0 Å². The molecule has 0 spiro atoms. The van der Waals surface area contributed by atoms with E-state index in [1.165, 1.54) is 0 Å². The van der Waals surface area contributed by atoms with E-state index in [9.17, 15) is 0 Å². The zero-order chi connectivity index (χ0) is 14.7. The fourth-order valence-corrected chi connectivity index (χ4v) is 2.25. The van der Waals surface area contributed by atoms with Gasteiger partial charge in [0, 0.05) is 6.04 Å². The van der Waals surface area contributed by atoms with Crippen molar-refractivity contribution in [2.24, 2.45) is 5.73 Å². The molecule has 0 aromatic heterocycles. The van der Waals surface area contributed by atoms with Gasteiger partial charge in [-0.3, -0.25) is 0 Å². The summed E-state index contributed by atoms with van der Waals surface area (Å²) in [6.45, 7) is 1.87. The zero-order valence-electron chi connectivity index (χ0n) is 11.2. The molecule has 0 saturated heterocycles. The third-order valence-corrected chi connectivity index (χ3v) is 3.64. The van der Waals surface area contributed by atoms with Gasteiger partial charge in [0.05, 0.1) is 17.7 Å². The van der Waals surface area contributed by atoms with E-state index >= 15 is 0 Å². The van der Waals surface area contributed by atoms with Crippen molar-refractivity contribution in [1.29, 1.82) is 0 Å². The molecule has 1 atom stereocenters. The minimum absolute atomic E-state index is 0.237. The van der Waals surface area contributed by atoms with Gasteiger partial charge in [0.15, 0.2) is 0 Å². The molecular weight excluding hydrogens is 297 g/mol. The van der Waals surface area contributed by atoms with Gasteiger partial charge in [-0.15, -0.1) is 0 Å². The Balaban J connectivity index is 2.46. The summed E-state index contributed by atoms with van der Waals surface area (Å²) < 4.78 is 11.2. The Morgan fingerprint density at radius 2 is 1.60 bits per heavy atom. The van der Waals surface area contributed by atoms with Gasteiger partial charge in [0.25, 0.3) is 0 Å². The van der Waals surface area contributed by atoms with Crippen LogP contribution in [0, 0.1) is 0 Å². The summed E-state index contributed by atoms with van der Waals surface area (Å²) in [5.41, 5.74) is 6.78. The van der Waals surface area contributed by atoms with E-state index in [-0.39, 0.29) is 6.04 Å². The first-order valence-electron chi connectivity index (χ1n) is 6.09. The van der Waals surface area contributed by atoms with Gasteiger partial charge in [-0.25, -0.2) is 0 Å². The largest absolute Gasteiger partial charge is 0.496 e. The van der Waals surface area contributed by atoms with E-state index in [0.29, 0.717) is 27.3 Å². The van der Waals surface area contributed by atoms with Crippen molar-refractivity contribution in [2.75, 3.05) is 7.11 Å². The quantitative estimate of drug-likeness (QED) is 0.880. The topological polar surface area (TPSA) is 44.5 Å². The minimum Gasteiger partial charge on any atom is -0.496 e. The second kappa shape index (κ2) is 6.35. The smallest absolute Gasteiger partial charge is 0.147 e. The number of hydrogen-bond donors (Lipinski definition) is 1. The third-order valence-electron chi connectivity index (χ3n) is 2.84. The lowest BCUT2D eigenvalue weighted by atomic mass is 10.1. The molecule has 0 saturated carbocycles. The number of ether oxygens (including phenoxy) is 2. The Labute approximate surface area is 128 Å². The Hall–Kier alpha value is -1.42. The first-order valence-corrected chi connectivity index (χ1v) is 6.84. The molecule has 0 amide bonds. The number of benzene rings is 2. The number of methoxy groups -OCH3 is 1. The second-order valence-corrected chi connectivity index (χ2v) is 5.10. The highest BCUT2D eigenvalue weighted by Gasteiger charge is 2.16. The van der Waals surface area contributed by atoms with Crippen LogP contribution >= 0.6 is 23.2 Å². The Kier molecular flexibility index (Phi) is 4.76. The molecule has 0 heterocycles. The van der Waals surface area contributed by atoms with Crippen molar-refractivity contribution >= 4 is 23.2 Å². The summed E-state index contributed by atoms with van der Waals surface area (Å²) in [5, 5.41) is 0.807. The lowest BCUT2D eigenvalue weighted by molar-refractivity contribution is 0.397. The molecule has 20 heavy (non-hydrogen) atoms. The molecular formula is C15H15Cl2NO2. The van der Waals surface area contributed by atoms with Crippen LogP contribution in [0.1, 0.15) is 18.5 Å². The predicted octanol–water partition coefficient (Wildman–Crippen LogP) is 4.81. The molecule has 0 aliphatic heterocycles. The number of halogens is 2. The maximum Gasteiger partial charge on any atom is 0.147 e. The normalized spacial score (nSPS) is 12.1. The first-order chi connectivity index (χ1) is 9.54. The number of rotatable bonds is 4. The van der Waals surface area contributed by atoms with Crippen LogP contribution in [0.4, 0.5) is 0 Å². The SMILES string of the molecule is COc1cccc(Oc2cccc(Cl)c2Cl)c1[C@@H](C)N. The highest BCUT2D eigenvalue weighted by Crippen LogP contribution is 2.39. The van der Waals surface area contributed by atoms with Crippen molar-refractivity contribution in [1.82, 2.24) is 0 Å². The summed E-state index contributed by atoms with van der Waals surface area (Å²) in [4.78, 5) is 0. The van der Waals surface area contributed by atoms with Gasteiger partial charge >= 0.3 is 0 Å². The molecule has 3 nitrogen and oxygen atoms in total. The van der Waals surface area contributed by atoms with Gasteiger partial charge in [-0.05, 0) is 31.2 Å². The highest BCUT2D eigenvalue weighted by atomic mass is 35.5. The van der Waals surface area contributed by atoms with Crippen molar-refractivity contribution in [3.8, 4) is 17.2 Å². The molecule has 0 aliphatic carbocycles. The van der Waals surface area contributed by atoms with Gasteiger partial charge in [-0.1, -0.05) is 35.3 Å². The van der Waals surface area contributed by atoms with E-state index in [1.54, 1.807) is 25.3 Å². The average molecular weight is 312 g/mol. The summed E-state index contributed by atoms with van der Waals surface area (Å²) >= 11 is 12.1. The van der Waals surface area contributed by atoms with E-state index < -0.39 is 0 Å². The second-order valence-electron chi connectivity index (χ2n) is 4.31. The predicted molar refractivity (Wildman–Crippen MR) is 82.1 cm³/mol. The average Bonchev–Trinajstić information content (AvgIpc) is 2.43. The van der Waals surface area contributed by atoms with E-state index in [1.807, 2.05) is 25.1 Å². The minimum atomic E-state index is -0.237. The maximum absolute atomic E-state index is 6.13. The van der Waals surface area contributed by atoms with Gasteiger partial charge in [-0.2, -0.15) is 0 Å². The molecule has 0 fully saturated rings. The molecule has 0 radical (unpaired) electrons. The Bertz CT molecular complexity index is 615. The number of hydrogen-bond acceptors (Lipinski definition) is 3. The molecule has 2 aromatic carbocycles. The third kappa shape index (κ3) is 3.01. The van der Waals surface area contributed by atoms with Crippen LogP contribution in [0.3, 0.4) is 0 Å². The molecule has 2 aromatic rings. The summed E-state index contributed by atoms with van der Waals surface area (Å²) in [5.74, 6) is 1.76. The molecule has 2 rings (SSSR count). The zero-order valence-corrected chi connectivity index (χ0v) is 12.7. The summed E-state index contributed by atoms with van der Waals surface area (Å²) in [7, 11) is 1.59. The van der Waals surface area contributed by atoms with Gasteiger partial charge in [0.1, 0.15) is 22.3 Å². The van der Waals surface area contributed by atoms with Gasteiger partial charge in [0.2, 0.25) is 0 Å². The van der Waals surface area contributed by atoms with Crippen LogP contribution < -0.4 is 15.2 Å². The fraction of sp³-hybridized carbons (Fsp3) is 0.200. The van der Waals surface area contributed by atoms with Gasteiger partial charge < -0.3 is 15.2 Å². The lowest BCUT2D eigenvalue weighted by Gasteiger charge is -2.17. The van der Waals surface area contributed by atoms with Crippen molar-refractivity contribution in [3.05, 3.63) is 52.0 Å². The van der Waals surface area contributed by atoms with E-state index in [0.717, 1.165) is 5.56 Å². The van der Waals surface area contributed by atoms with Crippen molar-refractivity contribution < 1.29 is 9.47 Å². The maximum atomic E-state index is 6.13. The number of nitrogens with two attached hydrogens (primary N) is 1. The monoisotopic (exact) mass is 311 g/mol. The molecule has 2 N–H and O–H groups in total. The standard InChI is InChI=1S/C15H15Cl2NO2/c1-9(18)14-11(19-2)6-4-7-12(14)20-13-8-3-5-10(16)15(13)17/h3-9H,18H2,1-2H3/t9-/m1/s1. The summed E-state index contributed by atoms with van der Waals surface area (Å²) in [6.07, 6.45) is 0. The molecule has 0 unspecified atom stereocenters. The lowest BCUT2D eigenvalue weighted by Crippen LogP contribution is -2.08. The fourth-order valence-electron chi connectivity index (χ4n) is 1.92. The molecule has 0 bridgehead atoms. The molecule has 0 aliphatic rings. The van der Waals surface area contributed by atoms with E-state index in [4.69, 9.17) is 38.4 Å². The van der Waals surface area contributed by atoms with E-state index in [2.05, 4.69) is 0 Å². The van der Waals surface area contributed by atoms with Crippen LogP contribution in [0.5, 0.6) is 17.2 Å². The summed E-state index contributed by atoms with van der Waals surface area (Å²) in [6, 6.07) is 10.5. The molecule has 106 valence electrons. The Morgan fingerprint density at radius 1 is 1.00 bits per heavy atom. The molecule has 5 heteroatoms. The van der Waals surface area contributed by atoms with Crippen LogP contribution in [0.2, 0.25) is 10.0 Å². The van der Waals surface area contributed by atoms with Crippen LogP contribution in [0.15, 0.2) is 36.4 Å². The first kappa shape index (κ1) is 15.0. The Morgan fingerprint density at radius 3 is 2.25 bits per heavy atom. The van der Waals surface area contributed by atoms with Crippen LogP contribution in [-0.4, -0.2) is 7.11 Å².